The summed E-state index contributed by atoms with van der Waals surface area (Å²) in [4.78, 5) is 33.9. The number of aliphatic hydroxyl groups is 1. The van der Waals surface area contributed by atoms with Crippen LogP contribution in [0.3, 0.4) is 0 Å². The number of benzene rings is 1. The van der Waals surface area contributed by atoms with Gasteiger partial charge >= 0.3 is 0 Å². The molecule has 0 aliphatic carbocycles. The van der Waals surface area contributed by atoms with Crippen LogP contribution in [0.4, 0.5) is 0 Å². The van der Waals surface area contributed by atoms with Gasteiger partial charge in [-0.3, -0.25) is 14.6 Å². The molecule has 0 radical (unpaired) electrons. The molecule has 1 aliphatic heterocycles. The summed E-state index contributed by atoms with van der Waals surface area (Å²) in [5, 5.41) is 11.1. The Hall–Kier alpha value is -3.19. The summed E-state index contributed by atoms with van der Waals surface area (Å²) in [6.07, 6.45) is 4.17. The van der Waals surface area contributed by atoms with Crippen LogP contribution in [-0.2, 0) is 9.59 Å². The van der Waals surface area contributed by atoms with Gasteiger partial charge in [-0.1, -0.05) is 26.8 Å². The number of likely N-dealkylation sites (tertiary alicyclic amines) is 1. The average molecular weight is 438 g/mol. The SMILES string of the molecule is CCCOc1ccc(C(O)=C2C(=O)C(=O)N(CCN(CC)CC)[C@@H]2c2cccnc2)cc1. The quantitative estimate of drug-likeness (QED) is 0.347. The smallest absolute Gasteiger partial charge is 0.295 e. The fourth-order valence-corrected chi connectivity index (χ4v) is 3.87. The van der Waals surface area contributed by atoms with Crippen molar-refractivity contribution in [3.63, 3.8) is 0 Å². The standard InChI is InChI=1S/C25H31N3O4/c1-4-16-32-20-11-9-18(10-12-20)23(29)21-22(19-8-7-13-26-17-19)28(25(31)24(21)30)15-14-27(5-2)6-3/h7-13,17,22,29H,4-6,14-16H2,1-3H3/t22-/m1/s1. The van der Waals surface area contributed by atoms with Crippen LogP contribution in [0.15, 0.2) is 54.4 Å². The zero-order valence-corrected chi connectivity index (χ0v) is 19.0. The zero-order chi connectivity index (χ0) is 23.1. The predicted octanol–water partition coefficient (Wildman–Crippen LogP) is 3.63. The average Bonchev–Trinajstić information content (AvgIpc) is 3.08. The molecule has 0 bridgehead atoms. The summed E-state index contributed by atoms with van der Waals surface area (Å²) in [6.45, 7) is 9.47. The Morgan fingerprint density at radius 2 is 1.84 bits per heavy atom. The van der Waals surface area contributed by atoms with Crippen molar-refractivity contribution in [2.45, 2.75) is 33.2 Å². The number of aromatic nitrogens is 1. The second-order valence-corrected chi connectivity index (χ2v) is 7.68. The number of nitrogens with zero attached hydrogens (tertiary/aromatic N) is 3. The number of rotatable bonds is 10. The van der Waals surface area contributed by atoms with Crippen molar-refractivity contribution < 1.29 is 19.4 Å². The first-order valence-corrected chi connectivity index (χ1v) is 11.2. The van der Waals surface area contributed by atoms with Gasteiger partial charge in [-0.2, -0.15) is 0 Å². The molecule has 2 heterocycles. The van der Waals surface area contributed by atoms with Gasteiger partial charge in [-0.15, -0.1) is 0 Å². The van der Waals surface area contributed by atoms with Crippen molar-refractivity contribution in [1.29, 1.82) is 0 Å². The first kappa shape index (κ1) is 23.5. The van der Waals surface area contributed by atoms with Gasteiger partial charge < -0.3 is 19.6 Å². The normalized spacial score (nSPS) is 17.9. The molecule has 1 atom stereocenters. The third-order valence-electron chi connectivity index (χ3n) is 5.69. The van der Waals surface area contributed by atoms with E-state index in [1.54, 1.807) is 47.6 Å². The molecule has 7 heteroatoms. The number of ether oxygens (including phenoxy) is 1. The Morgan fingerprint density at radius 1 is 1.12 bits per heavy atom. The molecule has 1 saturated heterocycles. The molecule has 1 aromatic heterocycles. The van der Waals surface area contributed by atoms with Gasteiger partial charge in [0, 0.05) is 31.0 Å². The zero-order valence-electron chi connectivity index (χ0n) is 19.0. The molecule has 2 aromatic rings. The Kier molecular flexibility index (Phi) is 8.00. The highest BCUT2D eigenvalue weighted by Crippen LogP contribution is 2.39. The Labute approximate surface area is 189 Å². The van der Waals surface area contributed by atoms with E-state index in [-0.39, 0.29) is 11.3 Å². The summed E-state index contributed by atoms with van der Waals surface area (Å²) in [5.74, 6) is -0.783. The van der Waals surface area contributed by atoms with Crippen molar-refractivity contribution in [2.75, 3.05) is 32.8 Å². The molecular weight excluding hydrogens is 406 g/mol. The van der Waals surface area contributed by atoms with E-state index in [4.69, 9.17) is 4.74 Å². The number of aliphatic hydroxyl groups excluding tert-OH is 1. The molecule has 1 amide bonds. The summed E-state index contributed by atoms with van der Waals surface area (Å²) in [7, 11) is 0. The number of pyridine rings is 1. The second kappa shape index (κ2) is 10.9. The van der Waals surface area contributed by atoms with E-state index in [9.17, 15) is 14.7 Å². The van der Waals surface area contributed by atoms with Gasteiger partial charge in [0.05, 0.1) is 18.2 Å². The fourth-order valence-electron chi connectivity index (χ4n) is 3.87. The lowest BCUT2D eigenvalue weighted by Crippen LogP contribution is -2.38. The Balaban J connectivity index is 2.00. The Bertz CT molecular complexity index is 953. The predicted molar refractivity (Wildman–Crippen MR) is 123 cm³/mol. The van der Waals surface area contributed by atoms with E-state index < -0.39 is 17.7 Å². The molecule has 170 valence electrons. The van der Waals surface area contributed by atoms with Gasteiger partial charge in [0.25, 0.3) is 11.7 Å². The van der Waals surface area contributed by atoms with Crippen LogP contribution in [0.1, 0.15) is 44.4 Å². The van der Waals surface area contributed by atoms with Crippen LogP contribution in [0.5, 0.6) is 5.75 Å². The van der Waals surface area contributed by atoms with E-state index in [0.717, 1.165) is 19.5 Å². The summed E-state index contributed by atoms with van der Waals surface area (Å²) in [6, 6.07) is 9.80. The first-order chi connectivity index (χ1) is 15.5. The van der Waals surface area contributed by atoms with Crippen molar-refractivity contribution in [1.82, 2.24) is 14.8 Å². The van der Waals surface area contributed by atoms with Crippen LogP contribution in [-0.4, -0.2) is 64.4 Å². The maximum Gasteiger partial charge on any atom is 0.295 e. The third-order valence-corrected chi connectivity index (χ3v) is 5.69. The van der Waals surface area contributed by atoms with Gasteiger partial charge in [-0.25, -0.2) is 0 Å². The van der Waals surface area contributed by atoms with E-state index >= 15 is 0 Å². The summed E-state index contributed by atoms with van der Waals surface area (Å²) >= 11 is 0. The minimum Gasteiger partial charge on any atom is -0.507 e. The highest BCUT2D eigenvalue weighted by Gasteiger charge is 2.46. The van der Waals surface area contributed by atoms with E-state index in [0.29, 0.717) is 36.6 Å². The lowest BCUT2D eigenvalue weighted by atomic mass is 9.96. The maximum atomic E-state index is 13.0. The topological polar surface area (TPSA) is 83.0 Å². The molecule has 1 fully saturated rings. The number of carbonyl (C=O) groups is 2. The minimum absolute atomic E-state index is 0.0878. The molecule has 1 aromatic carbocycles. The number of Topliss-reactive ketones (excluding diaryl/α,β-unsaturated/α-hetero) is 1. The number of hydrogen-bond donors (Lipinski definition) is 1. The number of carbonyl (C=O) groups excluding carboxylic acids is 2. The molecule has 1 aliphatic rings. The fraction of sp³-hybridized carbons (Fsp3) is 0.400. The van der Waals surface area contributed by atoms with Crippen molar-refractivity contribution in [2.24, 2.45) is 0 Å². The van der Waals surface area contributed by atoms with Crippen LogP contribution in [0.25, 0.3) is 5.76 Å². The minimum atomic E-state index is -0.685. The van der Waals surface area contributed by atoms with Gasteiger partial charge in [0.1, 0.15) is 11.5 Å². The maximum absolute atomic E-state index is 13.0. The molecule has 0 saturated carbocycles. The molecule has 0 unspecified atom stereocenters. The number of amides is 1. The summed E-state index contributed by atoms with van der Waals surface area (Å²) < 4.78 is 5.60. The highest BCUT2D eigenvalue weighted by molar-refractivity contribution is 6.46. The van der Waals surface area contributed by atoms with E-state index in [1.807, 2.05) is 13.0 Å². The lowest BCUT2D eigenvalue weighted by molar-refractivity contribution is -0.140. The Morgan fingerprint density at radius 3 is 2.44 bits per heavy atom. The third kappa shape index (κ3) is 4.99. The highest BCUT2D eigenvalue weighted by atomic mass is 16.5. The summed E-state index contributed by atoms with van der Waals surface area (Å²) in [5.41, 5.74) is 1.24. The van der Waals surface area contributed by atoms with Gasteiger partial charge in [-0.05, 0) is 55.4 Å². The van der Waals surface area contributed by atoms with Crippen LogP contribution >= 0.6 is 0 Å². The van der Waals surface area contributed by atoms with Crippen molar-refractivity contribution in [3.05, 3.63) is 65.5 Å². The molecular formula is C25H31N3O4. The molecule has 7 nitrogen and oxygen atoms in total. The number of likely N-dealkylation sites (N-methyl/N-ethyl adjacent to an activating group) is 1. The van der Waals surface area contributed by atoms with Gasteiger partial charge in [0.15, 0.2) is 0 Å². The van der Waals surface area contributed by atoms with Crippen LogP contribution < -0.4 is 4.74 Å². The van der Waals surface area contributed by atoms with Crippen LogP contribution in [0.2, 0.25) is 0 Å². The van der Waals surface area contributed by atoms with E-state index in [2.05, 4.69) is 23.7 Å². The second-order valence-electron chi connectivity index (χ2n) is 7.68. The lowest BCUT2D eigenvalue weighted by Gasteiger charge is -2.28. The van der Waals surface area contributed by atoms with Crippen LogP contribution in [0, 0.1) is 0 Å². The molecule has 1 N–H and O–H groups in total. The van der Waals surface area contributed by atoms with Crippen molar-refractivity contribution in [3.8, 4) is 5.75 Å². The van der Waals surface area contributed by atoms with Crippen molar-refractivity contribution >= 4 is 17.4 Å². The first-order valence-electron chi connectivity index (χ1n) is 11.2. The monoisotopic (exact) mass is 437 g/mol. The van der Waals surface area contributed by atoms with E-state index in [1.165, 1.54) is 0 Å². The largest absolute Gasteiger partial charge is 0.507 e. The number of ketones is 1. The molecule has 32 heavy (non-hydrogen) atoms. The van der Waals surface area contributed by atoms with Gasteiger partial charge in [0.2, 0.25) is 0 Å². The molecule has 3 rings (SSSR count). The molecule has 0 spiro atoms. The number of hydrogen-bond acceptors (Lipinski definition) is 6.